The second-order valence-electron chi connectivity index (χ2n) is 5.96. The van der Waals surface area contributed by atoms with Crippen molar-refractivity contribution in [3.63, 3.8) is 0 Å². The largest absolute Gasteiger partial charge is 0.343 e. The van der Waals surface area contributed by atoms with Crippen LogP contribution in [0.15, 0.2) is 24.3 Å². The number of rotatable bonds is 4. The zero-order chi connectivity index (χ0) is 16.4. The van der Waals surface area contributed by atoms with Crippen molar-refractivity contribution in [1.82, 2.24) is 9.88 Å². The summed E-state index contributed by atoms with van der Waals surface area (Å²) in [6.45, 7) is 0. The number of amides is 1. The number of hydrogen-bond donors (Lipinski definition) is 0. The van der Waals surface area contributed by atoms with Gasteiger partial charge in [0.05, 0.1) is 26.7 Å². The fourth-order valence-corrected chi connectivity index (χ4v) is 5.32. The first-order chi connectivity index (χ1) is 10.9. The minimum absolute atomic E-state index is 0.0430. The van der Waals surface area contributed by atoms with E-state index in [-0.39, 0.29) is 23.5 Å². The molecular weight excluding hydrogens is 332 g/mol. The first kappa shape index (κ1) is 16.4. The Hall–Kier alpha value is -1.47. The van der Waals surface area contributed by atoms with E-state index in [1.54, 1.807) is 23.3 Å². The van der Waals surface area contributed by atoms with E-state index in [9.17, 15) is 13.2 Å². The lowest BCUT2D eigenvalue weighted by molar-refractivity contribution is -0.132. The summed E-state index contributed by atoms with van der Waals surface area (Å²) >= 11 is 1.63. The topological polar surface area (TPSA) is 67.3 Å². The maximum atomic E-state index is 12.3. The van der Waals surface area contributed by atoms with Crippen LogP contribution in [0, 0.1) is 0 Å². The van der Waals surface area contributed by atoms with Gasteiger partial charge in [-0.05, 0) is 25.0 Å². The van der Waals surface area contributed by atoms with Crippen molar-refractivity contribution in [2.45, 2.75) is 31.7 Å². The lowest BCUT2D eigenvalue weighted by Gasteiger charge is -2.31. The van der Waals surface area contributed by atoms with Crippen LogP contribution in [0.3, 0.4) is 0 Å². The van der Waals surface area contributed by atoms with Crippen molar-refractivity contribution < 1.29 is 13.2 Å². The molecule has 1 fully saturated rings. The second kappa shape index (κ2) is 6.57. The van der Waals surface area contributed by atoms with Gasteiger partial charge < -0.3 is 4.90 Å². The SMILES string of the molecule is CN(C(=O)CCc1nc2ccccc2s1)C1CCS(=O)(=O)CC1. The molecule has 0 unspecified atom stereocenters. The number of carbonyl (C=O) groups is 1. The molecule has 23 heavy (non-hydrogen) atoms. The van der Waals surface area contributed by atoms with E-state index in [1.807, 2.05) is 24.3 Å². The first-order valence-electron chi connectivity index (χ1n) is 7.75. The van der Waals surface area contributed by atoms with E-state index in [0.717, 1.165) is 15.2 Å². The van der Waals surface area contributed by atoms with Crippen molar-refractivity contribution in [3.05, 3.63) is 29.3 Å². The van der Waals surface area contributed by atoms with Gasteiger partial charge in [-0.2, -0.15) is 0 Å². The molecule has 0 spiro atoms. The Labute approximate surface area is 140 Å². The quantitative estimate of drug-likeness (QED) is 0.846. The summed E-state index contributed by atoms with van der Waals surface area (Å²) in [5.74, 6) is 0.439. The number of sulfone groups is 1. The first-order valence-corrected chi connectivity index (χ1v) is 10.4. The standard InChI is InChI=1S/C16H20N2O3S2/c1-18(12-8-10-23(20,21)11-9-12)16(19)7-6-15-17-13-4-2-3-5-14(13)22-15/h2-5,12H,6-11H2,1H3. The number of fused-ring (bicyclic) bond motifs is 1. The average Bonchev–Trinajstić information content (AvgIpc) is 2.95. The van der Waals surface area contributed by atoms with Gasteiger partial charge in [-0.25, -0.2) is 13.4 Å². The van der Waals surface area contributed by atoms with Crippen LogP contribution in [-0.4, -0.2) is 48.8 Å². The number of thiazole rings is 1. The molecule has 5 nitrogen and oxygen atoms in total. The molecule has 1 aliphatic heterocycles. The zero-order valence-electron chi connectivity index (χ0n) is 13.1. The Kier molecular flexibility index (Phi) is 4.68. The van der Waals surface area contributed by atoms with Crippen LogP contribution in [0.25, 0.3) is 10.2 Å². The lowest BCUT2D eigenvalue weighted by atomic mass is 10.1. The fraction of sp³-hybridized carbons (Fsp3) is 0.500. The van der Waals surface area contributed by atoms with Crippen LogP contribution in [0.4, 0.5) is 0 Å². The molecule has 0 bridgehead atoms. The van der Waals surface area contributed by atoms with Gasteiger partial charge in [0.1, 0.15) is 9.84 Å². The molecule has 1 saturated heterocycles. The molecule has 0 N–H and O–H groups in total. The number of benzene rings is 1. The minimum atomic E-state index is -2.89. The van der Waals surface area contributed by atoms with Gasteiger partial charge in [0.25, 0.3) is 0 Å². The molecule has 0 radical (unpaired) electrons. The van der Waals surface area contributed by atoms with Crippen molar-refractivity contribution in [3.8, 4) is 0 Å². The third kappa shape index (κ3) is 3.90. The van der Waals surface area contributed by atoms with Gasteiger partial charge in [-0.15, -0.1) is 11.3 Å². The van der Waals surface area contributed by atoms with Crippen LogP contribution in [0.1, 0.15) is 24.3 Å². The van der Waals surface area contributed by atoms with E-state index in [4.69, 9.17) is 0 Å². The molecule has 7 heteroatoms. The van der Waals surface area contributed by atoms with Gasteiger partial charge in [-0.3, -0.25) is 4.79 Å². The Balaban J connectivity index is 1.56. The summed E-state index contributed by atoms with van der Waals surface area (Å²) in [7, 11) is -1.11. The van der Waals surface area contributed by atoms with E-state index < -0.39 is 9.84 Å². The highest BCUT2D eigenvalue weighted by Crippen LogP contribution is 2.23. The maximum Gasteiger partial charge on any atom is 0.222 e. The molecule has 0 saturated carbocycles. The number of aryl methyl sites for hydroxylation is 1. The maximum absolute atomic E-state index is 12.3. The number of para-hydroxylation sites is 1. The van der Waals surface area contributed by atoms with Crippen molar-refractivity contribution in [2.75, 3.05) is 18.6 Å². The summed E-state index contributed by atoms with van der Waals surface area (Å²) in [5.41, 5.74) is 0.978. The molecular formula is C16H20N2O3S2. The zero-order valence-corrected chi connectivity index (χ0v) is 14.7. The number of aromatic nitrogens is 1. The second-order valence-corrected chi connectivity index (χ2v) is 9.38. The highest BCUT2D eigenvalue weighted by molar-refractivity contribution is 7.91. The molecule has 3 rings (SSSR count). The van der Waals surface area contributed by atoms with Gasteiger partial charge in [0, 0.05) is 25.9 Å². The smallest absolute Gasteiger partial charge is 0.222 e. The molecule has 1 aliphatic rings. The molecule has 0 atom stereocenters. The third-order valence-electron chi connectivity index (χ3n) is 4.36. The monoisotopic (exact) mass is 352 g/mol. The van der Waals surface area contributed by atoms with Crippen molar-refractivity contribution >= 4 is 37.3 Å². The van der Waals surface area contributed by atoms with E-state index in [2.05, 4.69) is 4.98 Å². The van der Waals surface area contributed by atoms with Crippen LogP contribution >= 0.6 is 11.3 Å². The number of nitrogens with zero attached hydrogens (tertiary/aromatic N) is 2. The number of carbonyl (C=O) groups excluding carboxylic acids is 1. The summed E-state index contributed by atoms with van der Waals surface area (Å²) in [6, 6.07) is 8.00. The van der Waals surface area contributed by atoms with Crippen LogP contribution in [-0.2, 0) is 21.1 Å². The Morgan fingerprint density at radius 2 is 2.00 bits per heavy atom. The van der Waals surface area contributed by atoms with E-state index in [0.29, 0.717) is 25.7 Å². The average molecular weight is 352 g/mol. The molecule has 1 aromatic heterocycles. The predicted molar refractivity (Wildman–Crippen MR) is 92.4 cm³/mol. The molecule has 2 heterocycles. The highest BCUT2D eigenvalue weighted by Gasteiger charge is 2.28. The Bertz CT molecular complexity index is 767. The molecule has 124 valence electrons. The normalized spacial score (nSPS) is 18.1. The van der Waals surface area contributed by atoms with E-state index >= 15 is 0 Å². The number of hydrogen-bond acceptors (Lipinski definition) is 5. The molecule has 1 amide bonds. The van der Waals surface area contributed by atoms with Crippen LogP contribution in [0.2, 0.25) is 0 Å². The Morgan fingerprint density at radius 3 is 2.70 bits per heavy atom. The summed E-state index contributed by atoms with van der Waals surface area (Å²) in [5, 5.41) is 0.971. The summed E-state index contributed by atoms with van der Waals surface area (Å²) in [4.78, 5) is 18.6. The fourth-order valence-electron chi connectivity index (χ4n) is 2.89. The summed E-state index contributed by atoms with van der Waals surface area (Å²) < 4.78 is 24.1. The summed E-state index contributed by atoms with van der Waals surface area (Å²) in [6.07, 6.45) is 2.14. The highest BCUT2D eigenvalue weighted by atomic mass is 32.2. The Morgan fingerprint density at radius 1 is 1.30 bits per heavy atom. The van der Waals surface area contributed by atoms with Gasteiger partial charge >= 0.3 is 0 Å². The van der Waals surface area contributed by atoms with Crippen LogP contribution in [0.5, 0.6) is 0 Å². The molecule has 2 aromatic rings. The van der Waals surface area contributed by atoms with Gasteiger partial charge in [0.15, 0.2) is 0 Å². The molecule has 0 aliphatic carbocycles. The predicted octanol–water partition coefficient (Wildman–Crippen LogP) is 2.26. The van der Waals surface area contributed by atoms with Crippen molar-refractivity contribution in [1.29, 1.82) is 0 Å². The minimum Gasteiger partial charge on any atom is -0.343 e. The third-order valence-corrected chi connectivity index (χ3v) is 7.17. The lowest BCUT2D eigenvalue weighted by Crippen LogP contribution is -2.42. The molecule has 1 aromatic carbocycles. The van der Waals surface area contributed by atoms with E-state index in [1.165, 1.54) is 0 Å². The van der Waals surface area contributed by atoms with Gasteiger partial charge in [-0.1, -0.05) is 12.1 Å². The van der Waals surface area contributed by atoms with Crippen LogP contribution < -0.4 is 0 Å². The van der Waals surface area contributed by atoms with Crippen molar-refractivity contribution in [2.24, 2.45) is 0 Å². The van der Waals surface area contributed by atoms with Gasteiger partial charge in [0.2, 0.25) is 5.91 Å².